The number of carbonyl (C=O) groups excluding carboxylic acids is 1. The highest BCUT2D eigenvalue weighted by Gasteiger charge is 2.43. The van der Waals surface area contributed by atoms with Crippen LogP contribution < -0.4 is 4.90 Å². The van der Waals surface area contributed by atoms with Crippen molar-refractivity contribution in [1.82, 2.24) is 19.9 Å². The van der Waals surface area contributed by atoms with E-state index in [1.165, 1.54) is 0 Å². The van der Waals surface area contributed by atoms with Gasteiger partial charge in [0.1, 0.15) is 6.10 Å². The zero-order valence-corrected chi connectivity index (χ0v) is 14.9. The van der Waals surface area contributed by atoms with E-state index in [1.54, 1.807) is 23.5 Å². The maximum Gasteiger partial charge on any atom is 0.251 e. The minimum absolute atomic E-state index is 0.0348. The van der Waals surface area contributed by atoms with E-state index in [1.807, 2.05) is 31.3 Å². The predicted octanol–water partition coefficient (Wildman–Crippen LogP) is 1.51. The number of piperidine rings is 1. The van der Waals surface area contributed by atoms with Gasteiger partial charge in [-0.2, -0.15) is 0 Å². The number of ether oxygens (including phenoxy) is 1. The number of anilines is 1. The number of hydrogen-bond acceptors (Lipinski definition) is 6. The first-order chi connectivity index (χ1) is 12.7. The molecule has 7 heteroatoms. The number of fused-ring (bicyclic) bond motifs is 1. The zero-order chi connectivity index (χ0) is 17.9. The van der Waals surface area contributed by atoms with Crippen molar-refractivity contribution < 1.29 is 9.53 Å². The second kappa shape index (κ2) is 7.37. The van der Waals surface area contributed by atoms with E-state index in [0.717, 1.165) is 37.6 Å². The molecular formula is C19H23N5O2. The van der Waals surface area contributed by atoms with Crippen molar-refractivity contribution in [3.05, 3.63) is 48.5 Å². The number of nitrogens with zero attached hydrogens (tertiary/aromatic N) is 5. The second-order valence-electron chi connectivity index (χ2n) is 6.96. The zero-order valence-electron chi connectivity index (χ0n) is 14.9. The first-order valence-electron chi connectivity index (χ1n) is 9.03. The number of carbonyl (C=O) groups is 1. The Kier molecular flexibility index (Phi) is 4.79. The summed E-state index contributed by atoms with van der Waals surface area (Å²) in [6.45, 7) is 2.14. The first-order valence-corrected chi connectivity index (χ1v) is 9.03. The van der Waals surface area contributed by atoms with Gasteiger partial charge in [0.05, 0.1) is 18.3 Å². The van der Waals surface area contributed by atoms with E-state index in [9.17, 15) is 4.79 Å². The Morgan fingerprint density at radius 3 is 2.81 bits per heavy atom. The molecule has 4 heterocycles. The van der Waals surface area contributed by atoms with Gasteiger partial charge in [-0.25, -0.2) is 9.97 Å². The molecule has 0 unspecified atom stereocenters. The largest absolute Gasteiger partial charge is 0.363 e. The lowest BCUT2D eigenvalue weighted by Crippen LogP contribution is -2.43. The average molecular weight is 353 g/mol. The quantitative estimate of drug-likeness (QED) is 0.830. The lowest BCUT2D eigenvalue weighted by Gasteiger charge is -2.33. The Morgan fingerprint density at radius 2 is 2.04 bits per heavy atom. The van der Waals surface area contributed by atoms with Crippen LogP contribution in [0, 0.1) is 5.92 Å². The normalized spacial score (nSPS) is 25.0. The molecule has 0 aromatic carbocycles. The van der Waals surface area contributed by atoms with Crippen molar-refractivity contribution in [2.45, 2.75) is 31.6 Å². The minimum Gasteiger partial charge on any atom is -0.363 e. The van der Waals surface area contributed by atoms with Crippen LogP contribution >= 0.6 is 0 Å². The predicted molar refractivity (Wildman–Crippen MR) is 96.3 cm³/mol. The summed E-state index contributed by atoms with van der Waals surface area (Å²) >= 11 is 0. The molecule has 0 spiro atoms. The van der Waals surface area contributed by atoms with E-state index in [-0.39, 0.29) is 18.1 Å². The van der Waals surface area contributed by atoms with E-state index in [0.29, 0.717) is 12.5 Å². The Labute approximate surface area is 153 Å². The number of aromatic nitrogens is 3. The van der Waals surface area contributed by atoms with Crippen LogP contribution in [0.1, 0.15) is 18.5 Å². The molecule has 2 fully saturated rings. The highest BCUT2D eigenvalue weighted by molar-refractivity contribution is 5.81. The summed E-state index contributed by atoms with van der Waals surface area (Å²) in [5.74, 6) is 1.19. The van der Waals surface area contributed by atoms with Crippen LogP contribution in [0.15, 0.2) is 42.9 Å². The molecule has 0 radical (unpaired) electrons. The van der Waals surface area contributed by atoms with Gasteiger partial charge in [0.25, 0.3) is 5.91 Å². The molecule has 7 nitrogen and oxygen atoms in total. The van der Waals surface area contributed by atoms with E-state index in [4.69, 9.17) is 4.74 Å². The van der Waals surface area contributed by atoms with Crippen molar-refractivity contribution in [3.63, 3.8) is 0 Å². The molecule has 2 aliphatic rings. The molecule has 0 N–H and O–H groups in total. The van der Waals surface area contributed by atoms with Gasteiger partial charge in [-0.05, 0) is 37.0 Å². The van der Waals surface area contributed by atoms with Crippen LogP contribution in [0.4, 0.5) is 5.95 Å². The van der Waals surface area contributed by atoms with Gasteiger partial charge in [0.15, 0.2) is 0 Å². The van der Waals surface area contributed by atoms with Gasteiger partial charge in [-0.15, -0.1) is 0 Å². The van der Waals surface area contributed by atoms with Gasteiger partial charge >= 0.3 is 0 Å². The third kappa shape index (κ3) is 3.53. The van der Waals surface area contributed by atoms with Crippen LogP contribution in [0.5, 0.6) is 0 Å². The van der Waals surface area contributed by atoms with Crippen molar-refractivity contribution in [2.75, 3.05) is 25.0 Å². The third-order valence-corrected chi connectivity index (χ3v) is 5.16. The molecule has 26 heavy (non-hydrogen) atoms. The van der Waals surface area contributed by atoms with Crippen molar-refractivity contribution in [2.24, 2.45) is 5.92 Å². The number of pyridine rings is 1. The molecule has 2 saturated heterocycles. The lowest BCUT2D eigenvalue weighted by molar-refractivity contribution is -0.142. The summed E-state index contributed by atoms with van der Waals surface area (Å²) in [7, 11) is 1.81. The highest BCUT2D eigenvalue weighted by atomic mass is 16.5. The standard InChI is InChI=1S/C19H23N5O2/c1-23(12-15-5-2-3-7-20-15)18(25)16-11-14-6-10-24(13-17(14)26-16)19-21-8-4-9-22-19/h2-5,7-9,14,16-17H,6,10-13H2,1H3/t14-,16-,17-/m0/s1. The molecule has 0 saturated carbocycles. The number of rotatable bonds is 4. The van der Waals surface area contributed by atoms with Crippen LogP contribution in [0.2, 0.25) is 0 Å². The second-order valence-corrected chi connectivity index (χ2v) is 6.96. The highest BCUT2D eigenvalue weighted by Crippen LogP contribution is 2.34. The van der Waals surface area contributed by atoms with E-state index in [2.05, 4.69) is 19.9 Å². The average Bonchev–Trinajstić information content (AvgIpc) is 3.12. The number of hydrogen-bond donors (Lipinski definition) is 0. The molecule has 1 amide bonds. The lowest BCUT2D eigenvalue weighted by atomic mass is 9.92. The Balaban J connectivity index is 1.36. The fourth-order valence-corrected chi connectivity index (χ4v) is 3.78. The van der Waals surface area contributed by atoms with Gasteiger partial charge < -0.3 is 14.5 Å². The summed E-state index contributed by atoms with van der Waals surface area (Å²) in [5, 5.41) is 0. The Morgan fingerprint density at radius 1 is 1.23 bits per heavy atom. The summed E-state index contributed by atoms with van der Waals surface area (Å²) in [6.07, 6.45) is 6.73. The van der Waals surface area contributed by atoms with Crippen molar-refractivity contribution in [1.29, 1.82) is 0 Å². The van der Waals surface area contributed by atoms with E-state index < -0.39 is 0 Å². The first kappa shape index (κ1) is 16.9. The molecular weight excluding hydrogens is 330 g/mol. The molecule has 2 aliphatic heterocycles. The fourth-order valence-electron chi connectivity index (χ4n) is 3.78. The summed E-state index contributed by atoms with van der Waals surface area (Å²) in [6, 6.07) is 7.55. The monoisotopic (exact) mass is 353 g/mol. The molecule has 2 aromatic heterocycles. The number of likely N-dealkylation sites (N-methyl/N-ethyl adjacent to an activating group) is 1. The van der Waals surface area contributed by atoms with Gasteiger partial charge in [-0.1, -0.05) is 6.07 Å². The molecule has 0 aliphatic carbocycles. The molecule has 136 valence electrons. The fraction of sp³-hybridized carbons (Fsp3) is 0.474. The maximum absolute atomic E-state index is 12.8. The topological polar surface area (TPSA) is 71.5 Å². The minimum atomic E-state index is -0.365. The SMILES string of the molecule is CN(Cc1ccccn1)C(=O)[C@@H]1C[C@@H]2CCN(c3ncccn3)C[C@@H]2O1. The molecule has 3 atom stereocenters. The van der Waals surface area contributed by atoms with Gasteiger partial charge in [0.2, 0.25) is 5.95 Å². The number of amides is 1. The van der Waals surface area contributed by atoms with Crippen LogP contribution in [-0.2, 0) is 16.1 Å². The Bertz CT molecular complexity index is 742. The molecule has 4 rings (SSSR count). The smallest absolute Gasteiger partial charge is 0.251 e. The van der Waals surface area contributed by atoms with Crippen molar-refractivity contribution >= 4 is 11.9 Å². The van der Waals surface area contributed by atoms with E-state index >= 15 is 0 Å². The van der Waals surface area contributed by atoms with Crippen LogP contribution in [-0.4, -0.2) is 58.1 Å². The van der Waals surface area contributed by atoms with Crippen molar-refractivity contribution in [3.8, 4) is 0 Å². The van der Waals surface area contributed by atoms with Gasteiger partial charge in [-0.3, -0.25) is 9.78 Å². The van der Waals surface area contributed by atoms with Gasteiger partial charge in [0, 0.05) is 38.7 Å². The summed E-state index contributed by atoms with van der Waals surface area (Å²) < 4.78 is 6.13. The summed E-state index contributed by atoms with van der Waals surface area (Å²) in [5.41, 5.74) is 0.881. The van der Waals surface area contributed by atoms with Crippen LogP contribution in [0.25, 0.3) is 0 Å². The molecule has 2 aromatic rings. The maximum atomic E-state index is 12.8. The van der Waals surface area contributed by atoms with Crippen LogP contribution in [0.3, 0.4) is 0 Å². The third-order valence-electron chi connectivity index (χ3n) is 5.16. The summed E-state index contributed by atoms with van der Waals surface area (Å²) in [4.78, 5) is 29.6. The Hall–Kier alpha value is -2.54. The molecule has 0 bridgehead atoms.